The molecule has 0 amide bonds. The maximum absolute atomic E-state index is 10.6. The van der Waals surface area contributed by atoms with E-state index in [1.165, 1.54) is 0 Å². The lowest BCUT2D eigenvalue weighted by molar-refractivity contribution is 0.214. The van der Waals surface area contributed by atoms with Gasteiger partial charge in [-0.25, -0.2) is 0 Å². The molecule has 0 aliphatic carbocycles. The van der Waals surface area contributed by atoms with E-state index in [0.717, 1.165) is 24.7 Å². The average Bonchev–Trinajstić information content (AvgIpc) is 2.40. The number of aryl methyl sites for hydroxylation is 1. The molecule has 4 heteroatoms. The first-order valence-electron chi connectivity index (χ1n) is 5.80. The van der Waals surface area contributed by atoms with E-state index in [2.05, 4.69) is 38.5 Å². The maximum atomic E-state index is 10.6. The Morgan fingerprint density at radius 1 is 1.16 bits per heavy atom. The summed E-state index contributed by atoms with van der Waals surface area (Å²) >= 11 is 5.73. The minimum Gasteiger partial charge on any atom is -0.496 e. The first-order chi connectivity index (χ1) is 9.02. The number of methoxy groups -OCH3 is 1. The van der Waals surface area contributed by atoms with Gasteiger partial charge in [-0.15, -0.1) is 0 Å². The zero-order valence-corrected chi connectivity index (χ0v) is 14.4. The molecule has 0 radical (unpaired) electrons. The molecule has 100 valence electrons. The van der Waals surface area contributed by atoms with Crippen molar-refractivity contribution in [2.75, 3.05) is 7.11 Å². The van der Waals surface area contributed by atoms with Crippen LogP contribution in [-0.2, 0) is 0 Å². The highest BCUT2D eigenvalue weighted by molar-refractivity contribution is 14.1. The molecule has 2 aromatic rings. The lowest BCUT2D eigenvalue weighted by atomic mass is 9.99. The molecule has 0 aliphatic rings. The number of aliphatic hydroxyl groups is 1. The standard InChI is InChI=1S/C15H14BrIO2/c1-9-3-6-14(19-2)12(7-9)15(18)11-8-10(17)4-5-13(11)16/h3-8,15,18H,1-2H3. The SMILES string of the molecule is COc1ccc(C)cc1C(O)c1cc(I)ccc1Br. The van der Waals surface area contributed by atoms with Gasteiger partial charge < -0.3 is 9.84 Å². The second kappa shape index (κ2) is 6.24. The molecular weight excluding hydrogens is 419 g/mol. The zero-order valence-electron chi connectivity index (χ0n) is 10.7. The van der Waals surface area contributed by atoms with Crippen LogP contribution >= 0.6 is 38.5 Å². The van der Waals surface area contributed by atoms with Crippen LogP contribution in [0, 0.1) is 10.5 Å². The molecule has 2 rings (SSSR count). The number of halogens is 2. The van der Waals surface area contributed by atoms with Gasteiger partial charge in [-0.1, -0.05) is 27.6 Å². The van der Waals surface area contributed by atoms with E-state index in [1.807, 2.05) is 43.3 Å². The monoisotopic (exact) mass is 432 g/mol. The largest absolute Gasteiger partial charge is 0.496 e. The normalized spacial score (nSPS) is 12.3. The van der Waals surface area contributed by atoms with Crippen molar-refractivity contribution < 1.29 is 9.84 Å². The van der Waals surface area contributed by atoms with Gasteiger partial charge in [0.15, 0.2) is 0 Å². The van der Waals surface area contributed by atoms with E-state index in [0.29, 0.717) is 5.75 Å². The Kier molecular flexibility index (Phi) is 4.86. The molecule has 19 heavy (non-hydrogen) atoms. The molecule has 2 aromatic carbocycles. The Morgan fingerprint density at radius 3 is 2.58 bits per heavy atom. The summed E-state index contributed by atoms with van der Waals surface area (Å²) < 4.78 is 7.31. The summed E-state index contributed by atoms with van der Waals surface area (Å²) in [6.45, 7) is 2.00. The van der Waals surface area contributed by atoms with Gasteiger partial charge in [0, 0.05) is 19.2 Å². The molecular formula is C15H14BrIO2. The van der Waals surface area contributed by atoms with Gasteiger partial charge in [0.2, 0.25) is 0 Å². The van der Waals surface area contributed by atoms with Crippen LogP contribution in [0.3, 0.4) is 0 Å². The van der Waals surface area contributed by atoms with E-state index in [-0.39, 0.29) is 0 Å². The highest BCUT2D eigenvalue weighted by atomic mass is 127. The van der Waals surface area contributed by atoms with Gasteiger partial charge in [0.25, 0.3) is 0 Å². The number of rotatable bonds is 3. The Balaban J connectivity index is 2.51. The molecule has 2 nitrogen and oxygen atoms in total. The van der Waals surface area contributed by atoms with Crippen molar-refractivity contribution in [3.8, 4) is 5.75 Å². The Labute approximate surface area is 135 Å². The van der Waals surface area contributed by atoms with Crippen molar-refractivity contribution in [3.63, 3.8) is 0 Å². The van der Waals surface area contributed by atoms with E-state index in [1.54, 1.807) is 7.11 Å². The van der Waals surface area contributed by atoms with Gasteiger partial charge in [0.05, 0.1) is 7.11 Å². The topological polar surface area (TPSA) is 29.5 Å². The van der Waals surface area contributed by atoms with E-state index in [9.17, 15) is 5.11 Å². The summed E-state index contributed by atoms with van der Waals surface area (Å²) in [6.07, 6.45) is -0.709. The van der Waals surface area contributed by atoms with Crippen molar-refractivity contribution in [2.24, 2.45) is 0 Å². The number of benzene rings is 2. The number of ether oxygens (including phenoxy) is 1. The molecule has 1 unspecified atom stereocenters. The molecule has 0 aliphatic heterocycles. The van der Waals surface area contributed by atoms with Crippen LogP contribution < -0.4 is 4.74 Å². The lowest BCUT2D eigenvalue weighted by Gasteiger charge is -2.17. The van der Waals surface area contributed by atoms with E-state index >= 15 is 0 Å². The summed E-state index contributed by atoms with van der Waals surface area (Å²) in [4.78, 5) is 0. The summed E-state index contributed by atoms with van der Waals surface area (Å²) in [5.74, 6) is 0.698. The van der Waals surface area contributed by atoms with Crippen molar-refractivity contribution >= 4 is 38.5 Å². The van der Waals surface area contributed by atoms with Crippen molar-refractivity contribution in [1.82, 2.24) is 0 Å². The number of hydrogen-bond donors (Lipinski definition) is 1. The predicted molar refractivity (Wildman–Crippen MR) is 88.7 cm³/mol. The van der Waals surface area contributed by atoms with Gasteiger partial charge in [-0.3, -0.25) is 0 Å². The highest BCUT2D eigenvalue weighted by Crippen LogP contribution is 2.34. The van der Waals surface area contributed by atoms with E-state index < -0.39 is 6.10 Å². The molecule has 0 bridgehead atoms. The molecule has 0 fully saturated rings. The summed E-state index contributed by atoms with van der Waals surface area (Å²) in [5, 5.41) is 10.6. The van der Waals surface area contributed by atoms with Crippen molar-refractivity contribution in [2.45, 2.75) is 13.0 Å². The van der Waals surface area contributed by atoms with Crippen LogP contribution in [0.2, 0.25) is 0 Å². The minimum atomic E-state index is -0.709. The molecule has 1 atom stereocenters. The highest BCUT2D eigenvalue weighted by Gasteiger charge is 2.18. The molecule has 0 saturated carbocycles. The molecule has 1 N–H and O–H groups in total. The molecule has 0 saturated heterocycles. The smallest absolute Gasteiger partial charge is 0.125 e. The van der Waals surface area contributed by atoms with Crippen LogP contribution in [0.5, 0.6) is 5.75 Å². The van der Waals surface area contributed by atoms with Gasteiger partial charge in [-0.05, 0) is 59.8 Å². The second-order valence-electron chi connectivity index (χ2n) is 4.31. The fourth-order valence-electron chi connectivity index (χ4n) is 1.96. The minimum absolute atomic E-state index is 0.698. The maximum Gasteiger partial charge on any atom is 0.125 e. The third-order valence-electron chi connectivity index (χ3n) is 2.93. The van der Waals surface area contributed by atoms with Crippen LogP contribution in [0.15, 0.2) is 40.9 Å². The summed E-state index contributed by atoms with van der Waals surface area (Å²) in [6, 6.07) is 11.7. The van der Waals surface area contributed by atoms with Crippen LogP contribution in [0.1, 0.15) is 22.8 Å². The van der Waals surface area contributed by atoms with Crippen molar-refractivity contribution in [3.05, 3.63) is 61.1 Å². The Morgan fingerprint density at radius 2 is 1.89 bits per heavy atom. The second-order valence-corrected chi connectivity index (χ2v) is 6.41. The Hall–Kier alpha value is -0.590. The Bertz CT molecular complexity index is 599. The molecule has 0 aromatic heterocycles. The molecule has 0 heterocycles. The number of aliphatic hydroxyl groups excluding tert-OH is 1. The van der Waals surface area contributed by atoms with Crippen LogP contribution in [-0.4, -0.2) is 12.2 Å². The first kappa shape index (κ1) is 14.8. The van der Waals surface area contributed by atoms with Gasteiger partial charge >= 0.3 is 0 Å². The van der Waals surface area contributed by atoms with Gasteiger partial charge in [0.1, 0.15) is 11.9 Å². The van der Waals surface area contributed by atoms with Crippen LogP contribution in [0.4, 0.5) is 0 Å². The predicted octanol–water partition coefficient (Wildman–Crippen LogP) is 4.45. The fraction of sp³-hybridized carbons (Fsp3) is 0.200. The van der Waals surface area contributed by atoms with Crippen LogP contribution in [0.25, 0.3) is 0 Å². The summed E-state index contributed by atoms with van der Waals surface area (Å²) in [7, 11) is 1.62. The zero-order chi connectivity index (χ0) is 14.0. The third-order valence-corrected chi connectivity index (χ3v) is 4.33. The summed E-state index contributed by atoms with van der Waals surface area (Å²) in [5.41, 5.74) is 2.72. The van der Waals surface area contributed by atoms with Crippen molar-refractivity contribution in [1.29, 1.82) is 0 Å². The first-order valence-corrected chi connectivity index (χ1v) is 7.67. The lowest BCUT2D eigenvalue weighted by Crippen LogP contribution is -2.04. The third kappa shape index (κ3) is 3.30. The fourth-order valence-corrected chi connectivity index (χ4v) is 2.94. The number of hydrogen-bond acceptors (Lipinski definition) is 2. The van der Waals surface area contributed by atoms with E-state index in [4.69, 9.17) is 4.74 Å². The quantitative estimate of drug-likeness (QED) is 0.726. The average molecular weight is 433 g/mol. The van der Waals surface area contributed by atoms with Gasteiger partial charge in [-0.2, -0.15) is 0 Å². The molecule has 0 spiro atoms.